The average molecular weight is 365 g/mol. The maximum Gasteiger partial charge on any atom is 0.283 e. The highest BCUT2D eigenvalue weighted by molar-refractivity contribution is 7.99. The second-order valence-electron chi connectivity index (χ2n) is 5.12. The van der Waals surface area contributed by atoms with Crippen molar-refractivity contribution in [3.63, 3.8) is 0 Å². The molecule has 2 aromatic heterocycles. The molecule has 3 aromatic rings. The minimum Gasteiger partial charge on any atom is -0.411 e. The molecule has 0 unspecified atom stereocenters. The van der Waals surface area contributed by atoms with Gasteiger partial charge in [0.15, 0.2) is 0 Å². The molecule has 4 rings (SSSR count). The highest BCUT2D eigenvalue weighted by Crippen LogP contribution is 2.39. The highest BCUT2D eigenvalue weighted by Gasteiger charge is 2.27. The first-order valence-corrected chi connectivity index (χ1v) is 8.57. The fourth-order valence-corrected chi connectivity index (χ4v) is 3.24. The molecule has 0 N–H and O–H groups in total. The number of rotatable bonds is 4. The molecule has 0 amide bonds. The summed E-state index contributed by atoms with van der Waals surface area (Å²) in [5.41, 5.74) is 0.702. The Morgan fingerprint density at radius 3 is 2.70 bits per heavy atom. The summed E-state index contributed by atoms with van der Waals surface area (Å²) in [4.78, 5) is 8.76. The van der Waals surface area contributed by atoms with E-state index in [-0.39, 0.29) is 0 Å². The maximum atomic E-state index is 6.14. The lowest BCUT2D eigenvalue weighted by Gasteiger charge is -2.01. The Labute approximate surface area is 146 Å². The van der Waals surface area contributed by atoms with Gasteiger partial charge in [0, 0.05) is 12.0 Å². The van der Waals surface area contributed by atoms with Crippen molar-refractivity contribution < 1.29 is 4.42 Å². The number of nitrogens with zero attached hydrogens (tertiary/aromatic N) is 4. The summed E-state index contributed by atoms with van der Waals surface area (Å²) >= 11 is 13.5. The third-order valence-electron chi connectivity index (χ3n) is 3.33. The van der Waals surface area contributed by atoms with Crippen molar-refractivity contribution in [2.45, 2.75) is 29.0 Å². The van der Waals surface area contributed by atoms with Crippen LogP contribution < -0.4 is 0 Å². The summed E-state index contributed by atoms with van der Waals surface area (Å²) < 4.78 is 5.66. The topological polar surface area (TPSA) is 64.7 Å². The Hall–Kier alpha value is -1.63. The van der Waals surface area contributed by atoms with E-state index in [9.17, 15) is 0 Å². The molecule has 2 heterocycles. The molecule has 1 aliphatic rings. The van der Waals surface area contributed by atoms with E-state index < -0.39 is 0 Å². The molecule has 1 fully saturated rings. The molecule has 1 aromatic carbocycles. The first kappa shape index (κ1) is 14.9. The summed E-state index contributed by atoms with van der Waals surface area (Å²) in [7, 11) is 0. The van der Waals surface area contributed by atoms with E-state index in [0.717, 1.165) is 18.7 Å². The van der Waals surface area contributed by atoms with Gasteiger partial charge in [-0.15, -0.1) is 10.2 Å². The number of halogens is 2. The molecule has 0 radical (unpaired) electrons. The fourth-order valence-electron chi connectivity index (χ4n) is 2.07. The van der Waals surface area contributed by atoms with Crippen molar-refractivity contribution >= 4 is 35.0 Å². The van der Waals surface area contributed by atoms with E-state index in [1.54, 1.807) is 12.1 Å². The zero-order valence-electron chi connectivity index (χ0n) is 11.7. The first-order chi connectivity index (χ1) is 11.2. The molecule has 1 saturated carbocycles. The van der Waals surface area contributed by atoms with Gasteiger partial charge in [0.05, 0.1) is 10.6 Å². The first-order valence-electron chi connectivity index (χ1n) is 7.00. The summed E-state index contributed by atoms with van der Waals surface area (Å²) in [5, 5.41) is 10.1. The second kappa shape index (κ2) is 6.11. The largest absolute Gasteiger partial charge is 0.411 e. The Balaban J connectivity index is 1.59. The lowest BCUT2D eigenvalue weighted by molar-refractivity contribution is 0.465. The summed E-state index contributed by atoms with van der Waals surface area (Å²) in [5.74, 6) is 1.58. The van der Waals surface area contributed by atoms with Crippen LogP contribution in [0.25, 0.3) is 11.5 Å². The van der Waals surface area contributed by atoms with Crippen LogP contribution in [0.3, 0.4) is 0 Å². The summed E-state index contributed by atoms with van der Waals surface area (Å²) in [6, 6.07) is 9.01. The monoisotopic (exact) mass is 364 g/mol. The van der Waals surface area contributed by atoms with Crippen molar-refractivity contribution in [1.29, 1.82) is 0 Å². The van der Waals surface area contributed by atoms with Gasteiger partial charge in [-0.05, 0) is 36.7 Å². The molecular formula is C15H10Cl2N4OS. The van der Waals surface area contributed by atoms with Crippen LogP contribution in [0, 0.1) is 0 Å². The Bertz CT molecular complexity index is 866. The second-order valence-corrected chi connectivity index (χ2v) is 6.88. The predicted molar refractivity (Wildman–Crippen MR) is 87.9 cm³/mol. The van der Waals surface area contributed by atoms with E-state index in [1.165, 1.54) is 11.8 Å². The van der Waals surface area contributed by atoms with Gasteiger partial charge in [-0.3, -0.25) is 0 Å². The van der Waals surface area contributed by atoms with Crippen molar-refractivity contribution in [3.8, 4) is 11.5 Å². The molecule has 8 heteroatoms. The van der Waals surface area contributed by atoms with Crippen molar-refractivity contribution in [3.05, 3.63) is 46.3 Å². The average Bonchev–Trinajstić information content (AvgIpc) is 3.28. The van der Waals surface area contributed by atoms with E-state index in [1.807, 2.05) is 18.2 Å². The van der Waals surface area contributed by atoms with Crippen LogP contribution >= 0.6 is 35.0 Å². The molecule has 0 aliphatic heterocycles. The van der Waals surface area contributed by atoms with Crippen LogP contribution in [0.1, 0.15) is 24.6 Å². The van der Waals surface area contributed by atoms with Gasteiger partial charge in [-0.1, -0.05) is 35.3 Å². The maximum absolute atomic E-state index is 6.14. The molecule has 0 atom stereocenters. The van der Waals surface area contributed by atoms with Gasteiger partial charge in [0.2, 0.25) is 5.89 Å². The van der Waals surface area contributed by atoms with Crippen molar-refractivity contribution in [2.75, 3.05) is 0 Å². The third-order valence-corrected chi connectivity index (χ3v) is 4.61. The van der Waals surface area contributed by atoms with Crippen LogP contribution in [0.5, 0.6) is 0 Å². The third kappa shape index (κ3) is 3.34. The fraction of sp³-hybridized carbons (Fsp3) is 0.200. The summed E-state index contributed by atoms with van der Waals surface area (Å²) in [6.45, 7) is 0. The molecule has 23 heavy (non-hydrogen) atoms. The van der Waals surface area contributed by atoms with Crippen LogP contribution in [0.4, 0.5) is 0 Å². The minimum atomic E-state index is 0.376. The molecule has 0 saturated heterocycles. The van der Waals surface area contributed by atoms with Crippen molar-refractivity contribution in [2.24, 2.45) is 0 Å². The molecule has 0 spiro atoms. The lowest BCUT2D eigenvalue weighted by Crippen LogP contribution is -1.94. The highest BCUT2D eigenvalue weighted by atomic mass is 35.5. The Kier molecular flexibility index (Phi) is 3.97. The van der Waals surface area contributed by atoms with Crippen molar-refractivity contribution in [1.82, 2.24) is 20.2 Å². The Morgan fingerprint density at radius 1 is 1.09 bits per heavy atom. The predicted octanol–water partition coefficient (Wildman–Crippen LogP) is 4.86. The summed E-state index contributed by atoms with van der Waals surface area (Å²) in [6.07, 6.45) is 2.23. The number of aromatic nitrogens is 4. The number of hydrogen-bond acceptors (Lipinski definition) is 6. The molecule has 116 valence electrons. The lowest BCUT2D eigenvalue weighted by atomic mass is 10.2. The van der Waals surface area contributed by atoms with Crippen LogP contribution in [-0.2, 0) is 0 Å². The SMILES string of the molecule is Clc1cc(Sc2nnc(-c3ccccc3Cl)o2)nc(C2CC2)n1. The molecular weight excluding hydrogens is 355 g/mol. The van der Waals surface area contributed by atoms with Gasteiger partial charge in [-0.25, -0.2) is 9.97 Å². The van der Waals surface area contributed by atoms with Gasteiger partial charge in [0.25, 0.3) is 5.22 Å². The van der Waals surface area contributed by atoms with E-state index in [4.69, 9.17) is 27.6 Å². The van der Waals surface area contributed by atoms with Crippen LogP contribution in [0.2, 0.25) is 10.2 Å². The smallest absolute Gasteiger partial charge is 0.283 e. The standard InChI is InChI=1S/C15H10Cl2N4OS/c16-10-4-2-1-3-9(10)14-20-21-15(22-14)23-12-7-11(17)18-13(19-12)8-5-6-8/h1-4,7-8H,5-6H2. The van der Waals surface area contributed by atoms with Gasteiger partial charge < -0.3 is 4.42 Å². The zero-order valence-corrected chi connectivity index (χ0v) is 14.1. The number of hydrogen-bond donors (Lipinski definition) is 0. The van der Waals surface area contributed by atoms with Crippen LogP contribution in [-0.4, -0.2) is 20.2 Å². The number of benzene rings is 1. The molecule has 5 nitrogen and oxygen atoms in total. The minimum absolute atomic E-state index is 0.376. The normalized spacial score (nSPS) is 14.2. The van der Waals surface area contributed by atoms with Gasteiger partial charge in [0.1, 0.15) is 16.0 Å². The quantitative estimate of drug-likeness (QED) is 0.615. The van der Waals surface area contributed by atoms with Crippen LogP contribution in [0.15, 0.2) is 45.0 Å². The van der Waals surface area contributed by atoms with E-state index >= 15 is 0 Å². The van der Waals surface area contributed by atoms with Gasteiger partial charge >= 0.3 is 0 Å². The molecule has 0 bridgehead atoms. The zero-order chi connectivity index (χ0) is 15.8. The van der Waals surface area contributed by atoms with E-state index in [2.05, 4.69) is 20.2 Å². The van der Waals surface area contributed by atoms with Gasteiger partial charge in [-0.2, -0.15) is 0 Å². The molecule has 1 aliphatic carbocycles. The Morgan fingerprint density at radius 2 is 1.91 bits per heavy atom. The van der Waals surface area contributed by atoms with E-state index in [0.29, 0.717) is 37.8 Å².